The lowest BCUT2D eigenvalue weighted by molar-refractivity contribution is -0.119. The molecule has 1 amide bonds. The van der Waals surface area contributed by atoms with Crippen LogP contribution in [0.15, 0.2) is 60.7 Å². The van der Waals surface area contributed by atoms with Gasteiger partial charge in [-0.15, -0.1) is 0 Å². The number of amides is 1. The highest BCUT2D eigenvalue weighted by atomic mass is 16.1. The maximum absolute atomic E-state index is 11.5. The smallest absolute Gasteiger partial charge is 0.221 e. The van der Waals surface area contributed by atoms with Crippen molar-refractivity contribution >= 4 is 5.91 Å². The molecule has 108 valence electrons. The van der Waals surface area contributed by atoms with E-state index < -0.39 is 0 Å². The molecule has 2 aromatic rings. The minimum atomic E-state index is 0.158. The summed E-state index contributed by atoms with van der Waals surface area (Å²) >= 11 is 0. The fourth-order valence-electron chi connectivity index (χ4n) is 2.80. The summed E-state index contributed by atoms with van der Waals surface area (Å²) in [4.78, 5) is 13.9. The van der Waals surface area contributed by atoms with Crippen LogP contribution in [0.1, 0.15) is 17.5 Å². The Morgan fingerprint density at radius 1 is 0.905 bits per heavy atom. The molecule has 3 nitrogen and oxygen atoms in total. The van der Waals surface area contributed by atoms with Crippen LogP contribution in [0.3, 0.4) is 0 Å². The van der Waals surface area contributed by atoms with Gasteiger partial charge in [0.2, 0.25) is 5.91 Å². The number of hydrogen-bond donors (Lipinski definition) is 1. The van der Waals surface area contributed by atoms with E-state index in [9.17, 15) is 4.79 Å². The van der Waals surface area contributed by atoms with Gasteiger partial charge in [0.25, 0.3) is 0 Å². The molecule has 1 aliphatic rings. The Hall–Kier alpha value is -2.13. The van der Waals surface area contributed by atoms with Crippen LogP contribution in [0.2, 0.25) is 0 Å². The summed E-state index contributed by atoms with van der Waals surface area (Å²) in [5.41, 5.74) is 2.57. The largest absolute Gasteiger partial charge is 0.354 e. The van der Waals surface area contributed by atoms with E-state index in [-0.39, 0.29) is 11.9 Å². The number of benzene rings is 2. The van der Waals surface area contributed by atoms with E-state index in [0.29, 0.717) is 6.42 Å². The molecule has 0 radical (unpaired) electrons. The van der Waals surface area contributed by atoms with Crippen LogP contribution < -0.4 is 5.32 Å². The zero-order valence-electron chi connectivity index (χ0n) is 12.0. The van der Waals surface area contributed by atoms with Gasteiger partial charge in [-0.05, 0) is 11.1 Å². The van der Waals surface area contributed by atoms with Crippen molar-refractivity contribution in [2.24, 2.45) is 0 Å². The molecule has 0 spiro atoms. The van der Waals surface area contributed by atoms with Gasteiger partial charge >= 0.3 is 0 Å². The summed E-state index contributed by atoms with van der Waals surface area (Å²) in [6.45, 7) is 2.49. The average molecular weight is 280 g/mol. The monoisotopic (exact) mass is 280 g/mol. The summed E-state index contributed by atoms with van der Waals surface area (Å²) in [5, 5.41) is 2.94. The predicted molar refractivity (Wildman–Crippen MR) is 83.5 cm³/mol. The third-order valence-electron chi connectivity index (χ3n) is 3.93. The fourth-order valence-corrected chi connectivity index (χ4v) is 2.80. The van der Waals surface area contributed by atoms with Crippen LogP contribution in [0.5, 0.6) is 0 Å². The molecule has 3 heteroatoms. The third-order valence-corrected chi connectivity index (χ3v) is 3.93. The van der Waals surface area contributed by atoms with Gasteiger partial charge in [0.15, 0.2) is 0 Å². The van der Waals surface area contributed by atoms with Gasteiger partial charge in [-0.1, -0.05) is 60.7 Å². The van der Waals surface area contributed by atoms with Gasteiger partial charge in [0, 0.05) is 32.1 Å². The van der Waals surface area contributed by atoms with Crippen molar-refractivity contribution in [2.45, 2.75) is 25.6 Å². The Morgan fingerprint density at radius 3 is 1.86 bits per heavy atom. The lowest BCUT2D eigenvalue weighted by Crippen LogP contribution is -2.35. The second kappa shape index (κ2) is 6.55. The first-order valence-electron chi connectivity index (χ1n) is 7.40. The highest BCUT2D eigenvalue weighted by Crippen LogP contribution is 2.17. The minimum Gasteiger partial charge on any atom is -0.354 e. The van der Waals surface area contributed by atoms with Crippen molar-refractivity contribution < 1.29 is 4.79 Å². The predicted octanol–water partition coefficient (Wildman–Crippen LogP) is 2.58. The molecule has 0 aliphatic carbocycles. The molecule has 1 N–H and O–H groups in total. The van der Waals surface area contributed by atoms with Crippen LogP contribution >= 0.6 is 0 Å². The zero-order valence-corrected chi connectivity index (χ0v) is 12.0. The second-order valence-corrected chi connectivity index (χ2v) is 5.54. The number of nitrogens with one attached hydrogen (secondary N) is 1. The van der Waals surface area contributed by atoms with Gasteiger partial charge in [-0.3, -0.25) is 9.69 Å². The summed E-state index contributed by atoms with van der Waals surface area (Å²) < 4.78 is 0. The van der Waals surface area contributed by atoms with Crippen molar-refractivity contribution in [3.8, 4) is 0 Å². The summed E-state index contributed by atoms with van der Waals surface area (Å²) in [6, 6.07) is 21.2. The molecule has 2 aromatic carbocycles. The molecule has 1 aliphatic heterocycles. The maximum atomic E-state index is 11.5. The van der Waals surface area contributed by atoms with E-state index in [4.69, 9.17) is 0 Å². The minimum absolute atomic E-state index is 0.158. The molecule has 0 saturated carbocycles. The van der Waals surface area contributed by atoms with Gasteiger partial charge in [-0.2, -0.15) is 0 Å². The van der Waals surface area contributed by atoms with E-state index in [1.165, 1.54) is 11.1 Å². The number of hydrogen-bond acceptors (Lipinski definition) is 2. The molecule has 3 rings (SSSR count). The fraction of sp³-hybridized carbons (Fsp3) is 0.278. The molecule has 1 atom stereocenters. The average Bonchev–Trinajstić information content (AvgIpc) is 2.95. The number of nitrogens with zero attached hydrogens (tertiary/aromatic N) is 1. The molecule has 1 unspecified atom stereocenters. The van der Waals surface area contributed by atoms with Gasteiger partial charge in [0.05, 0.1) is 0 Å². The highest BCUT2D eigenvalue weighted by molar-refractivity contribution is 5.78. The third kappa shape index (κ3) is 3.70. The van der Waals surface area contributed by atoms with E-state index in [2.05, 4.69) is 58.7 Å². The second-order valence-electron chi connectivity index (χ2n) is 5.54. The first-order chi connectivity index (χ1) is 10.3. The van der Waals surface area contributed by atoms with E-state index >= 15 is 0 Å². The van der Waals surface area contributed by atoms with E-state index in [0.717, 1.165) is 19.6 Å². The summed E-state index contributed by atoms with van der Waals surface area (Å²) in [7, 11) is 0. The Labute approximate surface area is 125 Å². The quantitative estimate of drug-likeness (QED) is 0.913. The number of carbonyl (C=O) groups excluding carboxylic acids is 1. The lowest BCUT2D eigenvalue weighted by atomic mass is 10.1. The lowest BCUT2D eigenvalue weighted by Gasteiger charge is -2.28. The van der Waals surface area contributed by atoms with E-state index in [1.807, 2.05) is 12.1 Å². The van der Waals surface area contributed by atoms with Crippen LogP contribution in [0.4, 0.5) is 0 Å². The molecule has 0 aromatic heterocycles. The van der Waals surface area contributed by atoms with E-state index in [1.54, 1.807) is 0 Å². The van der Waals surface area contributed by atoms with Crippen molar-refractivity contribution in [1.29, 1.82) is 0 Å². The van der Waals surface area contributed by atoms with Crippen molar-refractivity contribution in [2.75, 3.05) is 6.54 Å². The first kappa shape index (κ1) is 13.8. The Balaban J connectivity index is 1.76. The Bertz CT molecular complexity index is 541. The maximum Gasteiger partial charge on any atom is 0.221 e. The summed E-state index contributed by atoms with van der Waals surface area (Å²) in [5.74, 6) is 0.158. The van der Waals surface area contributed by atoms with Crippen LogP contribution in [-0.4, -0.2) is 23.4 Å². The van der Waals surface area contributed by atoms with Crippen molar-refractivity contribution in [3.63, 3.8) is 0 Å². The number of carbonyl (C=O) groups is 1. The SMILES string of the molecule is O=C1CC(N(Cc2ccccc2)Cc2ccccc2)CN1. The zero-order chi connectivity index (χ0) is 14.5. The van der Waals surface area contributed by atoms with Gasteiger partial charge < -0.3 is 5.32 Å². The molecule has 1 fully saturated rings. The summed E-state index contributed by atoms with van der Waals surface area (Å²) in [6.07, 6.45) is 0.597. The van der Waals surface area contributed by atoms with Crippen molar-refractivity contribution in [3.05, 3.63) is 71.8 Å². The van der Waals surface area contributed by atoms with Crippen LogP contribution in [0.25, 0.3) is 0 Å². The molecule has 0 bridgehead atoms. The van der Waals surface area contributed by atoms with Crippen LogP contribution in [-0.2, 0) is 17.9 Å². The van der Waals surface area contributed by atoms with Gasteiger partial charge in [0.1, 0.15) is 0 Å². The molecule has 21 heavy (non-hydrogen) atoms. The van der Waals surface area contributed by atoms with Crippen LogP contribution in [0, 0.1) is 0 Å². The topological polar surface area (TPSA) is 32.3 Å². The van der Waals surface area contributed by atoms with Crippen molar-refractivity contribution in [1.82, 2.24) is 10.2 Å². The molecule has 1 heterocycles. The number of rotatable bonds is 5. The Kier molecular flexibility index (Phi) is 4.31. The molecular formula is C18H20N2O. The normalized spacial score (nSPS) is 18.0. The standard InChI is InChI=1S/C18H20N2O/c21-18-11-17(12-19-18)20(13-15-7-3-1-4-8-15)14-16-9-5-2-6-10-16/h1-10,17H,11-14H2,(H,19,21). The molecule has 1 saturated heterocycles. The Morgan fingerprint density at radius 2 is 1.43 bits per heavy atom. The molecular weight excluding hydrogens is 260 g/mol. The first-order valence-corrected chi connectivity index (χ1v) is 7.40. The van der Waals surface area contributed by atoms with Gasteiger partial charge in [-0.25, -0.2) is 0 Å². The highest BCUT2D eigenvalue weighted by Gasteiger charge is 2.27.